The molecule has 1 saturated heterocycles. The molecule has 1 aromatic heterocycles. The molecule has 30 heavy (non-hydrogen) atoms. The molecule has 0 unspecified atom stereocenters. The molecule has 0 spiro atoms. The van der Waals surface area contributed by atoms with Gasteiger partial charge < -0.3 is 5.32 Å². The second-order valence-corrected chi connectivity index (χ2v) is 9.86. The average Bonchev–Trinajstić information content (AvgIpc) is 2.74. The van der Waals surface area contributed by atoms with E-state index in [1.165, 1.54) is 17.7 Å². The minimum atomic E-state index is -3.57. The van der Waals surface area contributed by atoms with Gasteiger partial charge in [0.15, 0.2) is 0 Å². The quantitative estimate of drug-likeness (QED) is 0.672. The van der Waals surface area contributed by atoms with Crippen LogP contribution in [0.1, 0.15) is 32.3 Å². The van der Waals surface area contributed by atoms with E-state index >= 15 is 0 Å². The van der Waals surface area contributed by atoms with Crippen molar-refractivity contribution in [3.63, 3.8) is 0 Å². The number of carbonyl (C=O) groups is 1. The van der Waals surface area contributed by atoms with Gasteiger partial charge in [-0.1, -0.05) is 13.8 Å². The van der Waals surface area contributed by atoms with Crippen LogP contribution in [-0.2, 0) is 21.4 Å². The van der Waals surface area contributed by atoms with Gasteiger partial charge in [-0.3, -0.25) is 14.7 Å². The van der Waals surface area contributed by atoms with Gasteiger partial charge in [0.05, 0.1) is 4.90 Å². The number of hydrogen-bond acceptors (Lipinski definition) is 5. The van der Waals surface area contributed by atoms with Crippen LogP contribution in [0.15, 0.2) is 53.7 Å². The first-order chi connectivity index (χ1) is 14.3. The van der Waals surface area contributed by atoms with Crippen LogP contribution >= 0.6 is 0 Å². The maximum absolute atomic E-state index is 12.6. The van der Waals surface area contributed by atoms with Gasteiger partial charge in [-0.15, -0.1) is 0 Å². The molecular weight excluding hydrogens is 400 g/mol. The minimum absolute atomic E-state index is 0.0981. The molecule has 2 heterocycles. The van der Waals surface area contributed by atoms with Crippen molar-refractivity contribution in [2.24, 2.45) is 11.8 Å². The largest absolute Gasteiger partial charge is 0.326 e. The van der Waals surface area contributed by atoms with Crippen LogP contribution < -0.4 is 10.0 Å². The summed E-state index contributed by atoms with van der Waals surface area (Å²) in [7, 11) is -3.57. The SMILES string of the molecule is CC(C)C(=O)Nc1ccc(S(=O)(=O)NCC2CCN(Cc3ccncc3)CC2)cc1. The maximum atomic E-state index is 12.6. The predicted octanol–water partition coefficient (Wildman–Crippen LogP) is 2.87. The number of carbonyl (C=O) groups excluding carboxylic acids is 1. The molecular formula is C22H30N4O3S. The zero-order valence-electron chi connectivity index (χ0n) is 17.5. The first-order valence-corrected chi connectivity index (χ1v) is 11.8. The van der Waals surface area contributed by atoms with Crippen molar-refractivity contribution in [3.05, 3.63) is 54.4 Å². The molecule has 0 bridgehead atoms. The number of amides is 1. The topological polar surface area (TPSA) is 91.4 Å². The summed E-state index contributed by atoms with van der Waals surface area (Å²) >= 11 is 0. The standard InChI is InChI=1S/C22H30N4O3S/c1-17(2)22(27)25-20-3-5-21(6-4-20)30(28,29)24-15-18-9-13-26(14-10-18)16-19-7-11-23-12-8-19/h3-8,11-12,17-18,24H,9-10,13-16H2,1-2H3,(H,25,27). The van der Waals surface area contributed by atoms with Crippen LogP contribution in [-0.4, -0.2) is 43.8 Å². The van der Waals surface area contributed by atoms with Crippen molar-refractivity contribution in [1.29, 1.82) is 0 Å². The van der Waals surface area contributed by atoms with Gasteiger partial charge in [-0.05, 0) is 73.8 Å². The molecule has 1 amide bonds. The summed E-state index contributed by atoms with van der Waals surface area (Å²) in [6.45, 7) is 6.87. The van der Waals surface area contributed by atoms with Gasteiger partial charge in [0, 0.05) is 37.1 Å². The lowest BCUT2D eigenvalue weighted by Crippen LogP contribution is -2.38. The van der Waals surface area contributed by atoms with Gasteiger partial charge in [0.25, 0.3) is 0 Å². The Kier molecular flexibility index (Phi) is 7.58. The van der Waals surface area contributed by atoms with Crippen LogP contribution in [0, 0.1) is 11.8 Å². The van der Waals surface area contributed by atoms with E-state index in [0.29, 0.717) is 18.2 Å². The lowest BCUT2D eigenvalue weighted by Gasteiger charge is -2.32. The van der Waals surface area contributed by atoms with Crippen LogP contribution in [0.2, 0.25) is 0 Å². The fourth-order valence-corrected chi connectivity index (χ4v) is 4.53. The summed E-state index contributed by atoms with van der Waals surface area (Å²) in [5.74, 6) is 0.100. The second kappa shape index (κ2) is 10.1. The Labute approximate surface area is 178 Å². The highest BCUT2D eigenvalue weighted by Crippen LogP contribution is 2.20. The first-order valence-electron chi connectivity index (χ1n) is 10.4. The summed E-state index contributed by atoms with van der Waals surface area (Å²) in [5.41, 5.74) is 1.84. The maximum Gasteiger partial charge on any atom is 0.240 e. The summed E-state index contributed by atoms with van der Waals surface area (Å²) in [4.78, 5) is 18.4. The third-order valence-electron chi connectivity index (χ3n) is 5.38. The number of piperidine rings is 1. The van der Waals surface area contributed by atoms with E-state index in [2.05, 4.69) is 19.9 Å². The third-order valence-corrected chi connectivity index (χ3v) is 6.82. The summed E-state index contributed by atoms with van der Waals surface area (Å²) < 4.78 is 28.0. The number of rotatable bonds is 8. The van der Waals surface area contributed by atoms with Crippen LogP contribution in [0.4, 0.5) is 5.69 Å². The number of hydrogen-bond donors (Lipinski definition) is 2. The van der Waals surface area contributed by atoms with Crippen LogP contribution in [0.3, 0.4) is 0 Å². The number of pyridine rings is 1. The van der Waals surface area contributed by atoms with Gasteiger partial charge >= 0.3 is 0 Å². The monoisotopic (exact) mass is 430 g/mol. The molecule has 0 aliphatic carbocycles. The number of likely N-dealkylation sites (tertiary alicyclic amines) is 1. The van der Waals surface area contributed by atoms with Crippen molar-refractivity contribution in [2.75, 3.05) is 25.0 Å². The molecule has 3 rings (SSSR count). The molecule has 1 fully saturated rings. The lowest BCUT2D eigenvalue weighted by atomic mass is 9.97. The van der Waals surface area contributed by atoms with Crippen LogP contribution in [0.25, 0.3) is 0 Å². The van der Waals surface area contributed by atoms with Crippen LogP contribution in [0.5, 0.6) is 0 Å². The van der Waals surface area contributed by atoms with E-state index in [4.69, 9.17) is 0 Å². The van der Waals surface area contributed by atoms with Crippen molar-refractivity contribution < 1.29 is 13.2 Å². The molecule has 8 heteroatoms. The summed E-state index contributed by atoms with van der Waals surface area (Å²) in [6, 6.07) is 10.3. The Hall–Kier alpha value is -2.29. The van der Waals surface area contributed by atoms with Crippen molar-refractivity contribution in [1.82, 2.24) is 14.6 Å². The Morgan fingerprint density at radius 2 is 1.73 bits per heavy atom. The number of anilines is 1. The van der Waals surface area contributed by atoms with E-state index < -0.39 is 10.0 Å². The van der Waals surface area contributed by atoms with E-state index in [9.17, 15) is 13.2 Å². The minimum Gasteiger partial charge on any atom is -0.326 e. The molecule has 0 saturated carbocycles. The van der Waals surface area contributed by atoms with Crippen molar-refractivity contribution in [3.8, 4) is 0 Å². The van der Waals surface area contributed by atoms with Gasteiger partial charge in [-0.2, -0.15) is 0 Å². The van der Waals surface area contributed by atoms with Gasteiger partial charge in [-0.25, -0.2) is 13.1 Å². The lowest BCUT2D eigenvalue weighted by molar-refractivity contribution is -0.118. The Balaban J connectivity index is 1.46. The zero-order valence-corrected chi connectivity index (χ0v) is 18.4. The van der Waals surface area contributed by atoms with Gasteiger partial charge in [0.1, 0.15) is 0 Å². The highest BCUT2D eigenvalue weighted by atomic mass is 32.2. The molecule has 1 aromatic carbocycles. The average molecular weight is 431 g/mol. The third kappa shape index (κ3) is 6.35. The van der Waals surface area contributed by atoms with Gasteiger partial charge in [0.2, 0.25) is 15.9 Å². The number of nitrogens with zero attached hydrogens (tertiary/aromatic N) is 2. The summed E-state index contributed by atoms with van der Waals surface area (Å²) in [6.07, 6.45) is 5.55. The molecule has 0 atom stereocenters. The molecule has 2 N–H and O–H groups in total. The fourth-order valence-electron chi connectivity index (χ4n) is 3.41. The highest BCUT2D eigenvalue weighted by Gasteiger charge is 2.22. The van der Waals surface area contributed by atoms with Crippen molar-refractivity contribution in [2.45, 2.75) is 38.1 Å². The molecule has 2 aromatic rings. The van der Waals surface area contributed by atoms with E-state index in [0.717, 1.165) is 32.5 Å². The first kappa shape index (κ1) is 22.4. The number of aromatic nitrogens is 1. The smallest absolute Gasteiger partial charge is 0.240 e. The number of benzene rings is 1. The second-order valence-electron chi connectivity index (χ2n) is 8.10. The molecule has 0 radical (unpaired) electrons. The number of sulfonamides is 1. The normalized spacial score (nSPS) is 16.0. The molecule has 1 aliphatic heterocycles. The summed E-state index contributed by atoms with van der Waals surface area (Å²) in [5, 5.41) is 2.76. The highest BCUT2D eigenvalue weighted by molar-refractivity contribution is 7.89. The van der Waals surface area contributed by atoms with E-state index in [1.807, 2.05) is 38.4 Å². The Bertz CT molecular complexity index is 923. The Morgan fingerprint density at radius 3 is 2.33 bits per heavy atom. The predicted molar refractivity (Wildman–Crippen MR) is 117 cm³/mol. The van der Waals surface area contributed by atoms with Crippen molar-refractivity contribution >= 4 is 21.6 Å². The Morgan fingerprint density at radius 1 is 1.10 bits per heavy atom. The van der Waals surface area contributed by atoms with E-state index in [1.54, 1.807) is 12.1 Å². The number of nitrogens with one attached hydrogen (secondary N) is 2. The zero-order chi connectivity index (χ0) is 21.6. The van der Waals surface area contributed by atoms with E-state index in [-0.39, 0.29) is 16.7 Å². The molecule has 162 valence electrons. The fraction of sp³-hybridized carbons (Fsp3) is 0.455. The molecule has 7 nitrogen and oxygen atoms in total. The molecule has 1 aliphatic rings.